The molecule has 5 atom stereocenters. The summed E-state index contributed by atoms with van der Waals surface area (Å²) < 4.78 is 38.5. The van der Waals surface area contributed by atoms with Crippen LogP contribution in [0.15, 0.2) is 36.4 Å². The Balaban J connectivity index is 1.80. The number of unbranched alkanes of at least 4 members (excludes halogenated alkanes) is 1. The Morgan fingerprint density at radius 2 is 1.84 bits per heavy atom. The molecule has 0 bridgehead atoms. The highest BCUT2D eigenvalue weighted by atomic mass is 19.4. The van der Waals surface area contributed by atoms with E-state index >= 15 is 0 Å². The van der Waals surface area contributed by atoms with Crippen molar-refractivity contribution in [3.05, 3.63) is 47.5 Å². The lowest BCUT2D eigenvalue weighted by Crippen LogP contribution is -2.23. The monoisotopic (exact) mass is 458 g/mol. The van der Waals surface area contributed by atoms with Gasteiger partial charge in [-0.1, -0.05) is 30.4 Å². The molecule has 1 aliphatic carbocycles. The van der Waals surface area contributed by atoms with Crippen LogP contribution in [-0.4, -0.2) is 44.7 Å². The SMILES string of the molecule is O=C(O)CCC/C=C\C[C@@H]1[C@@H](CC[C@H](O)CCc2cccc(C(F)(F)F)c2)[C@H](O)C[C@@H]1O. The molecule has 0 spiro atoms. The van der Waals surface area contributed by atoms with Crippen molar-refractivity contribution in [2.75, 3.05) is 0 Å². The average molecular weight is 459 g/mol. The van der Waals surface area contributed by atoms with Crippen LogP contribution in [0.25, 0.3) is 0 Å². The van der Waals surface area contributed by atoms with Gasteiger partial charge in [0.1, 0.15) is 0 Å². The van der Waals surface area contributed by atoms with Gasteiger partial charge in [0.05, 0.1) is 23.9 Å². The van der Waals surface area contributed by atoms with Gasteiger partial charge in [0.2, 0.25) is 0 Å². The van der Waals surface area contributed by atoms with Crippen LogP contribution in [0.4, 0.5) is 13.2 Å². The summed E-state index contributed by atoms with van der Waals surface area (Å²) in [4.78, 5) is 10.5. The van der Waals surface area contributed by atoms with E-state index in [1.54, 1.807) is 6.07 Å². The van der Waals surface area contributed by atoms with E-state index in [1.807, 2.05) is 12.2 Å². The van der Waals surface area contributed by atoms with E-state index < -0.39 is 36.0 Å². The Morgan fingerprint density at radius 1 is 1.12 bits per heavy atom. The number of aliphatic hydroxyl groups excluding tert-OH is 3. The number of aliphatic hydroxyl groups is 3. The predicted molar refractivity (Wildman–Crippen MR) is 114 cm³/mol. The van der Waals surface area contributed by atoms with Gasteiger partial charge in [0, 0.05) is 6.42 Å². The van der Waals surface area contributed by atoms with Crippen molar-refractivity contribution in [3.8, 4) is 0 Å². The Morgan fingerprint density at radius 3 is 2.53 bits per heavy atom. The van der Waals surface area contributed by atoms with E-state index in [1.165, 1.54) is 6.07 Å². The number of rotatable bonds is 12. The summed E-state index contributed by atoms with van der Waals surface area (Å²) in [6.45, 7) is 0. The zero-order valence-electron chi connectivity index (χ0n) is 18.0. The zero-order chi connectivity index (χ0) is 23.7. The fourth-order valence-electron chi connectivity index (χ4n) is 4.41. The van der Waals surface area contributed by atoms with E-state index in [0.29, 0.717) is 50.5 Å². The number of carboxylic acids is 1. The molecule has 0 aliphatic heterocycles. The van der Waals surface area contributed by atoms with Gasteiger partial charge in [-0.25, -0.2) is 0 Å². The van der Waals surface area contributed by atoms with Crippen molar-refractivity contribution in [3.63, 3.8) is 0 Å². The lowest BCUT2D eigenvalue weighted by Gasteiger charge is -2.23. The molecular formula is C24H33F3O5. The number of allylic oxidation sites excluding steroid dienone is 2. The van der Waals surface area contributed by atoms with E-state index in [-0.39, 0.29) is 24.7 Å². The second-order valence-corrected chi connectivity index (χ2v) is 8.66. The lowest BCUT2D eigenvalue weighted by atomic mass is 9.85. The highest BCUT2D eigenvalue weighted by molar-refractivity contribution is 5.66. The Hall–Kier alpha value is -1.90. The Labute approximate surface area is 186 Å². The third-order valence-electron chi connectivity index (χ3n) is 6.21. The van der Waals surface area contributed by atoms with Crippen LogP contribution in [0.2, 0.25) is 0 Å². The normalized spacial score (nSPS) is 24.8. The van der Waals surface area contributed by atoms with E-state index in [2.05, 4.69) is 0 Å². The van der Waals surface area contributed by atoms with Crippen LogP contribution >= 0.6 is 0 Å². The van der Waals surface area contributed by atoms with Crippen LogP contribution < -0.4 is 0 Å². The molecule has 0 radical (unpaired) electrons. The number of benzene rings is 1. The fraction of sp³-hybridized carbons (Fsp3) is 0.625. The number of alkyl halides is 3. The second-order valence-electron chi connectivity index (χ2n) is 8.66. The summed E-state index contributed by atoms with van der Waals surface area (Å²) >= 11 is 0. The van der Waals surface area contributed by atoms with Gasteiger partial charge in [0.15, 0.2) is 0 Å². The third-order valence-corrected chi connectivity index (χ3v) is 6.21. The molecule has 180 valence electrons. The summed E-state index contributed by atoms with van der Waals surface area (Å²) in [7, 11) is 0. The number of hydrogen-bond acceptors (Lipinski definition) is 4. The standard InChI is InChI=1S/C24H33F3O5/c25-24(26,27)17-7-5-6-16(14-17)10-11-18(28)12-13-20-19(21(29)15-22(20)30)8-3-1-2-4-9-23(31)32/h1,3,5-7,14,18-22,28-30H,2,4,8-13,15H2,(H,31,32)/b3-1-/t18-,19-,20-,21+,22-/m1/s1. The van der Waals surface area contributed by atoms with Gasteiger partial charge in [-0.2, -0.15) is 13.2 Å². The van der Waals surface area contributed by atoms with E-state index in [0.717, 1.165) is 12.1 Å². The first kappa shape index (κ1) is 26.4. The van der Waals surface area contributed by atoms with Crippen molar-refractivity contribution in [1.29, 1.82) is 0 Å². The molecule has 1 saturated carbocycles. The number of halogens is 3. The van der Waals surface area contributed by atoms with Crippen molar-refractivity contribution >= 4 is 5.97 Å². The predicted octanol–water partition coefficient (Wildman–Crippen LogP) is 4.34. The van der Waals surface area contributed by atoms with Crippen molar-refractivity contribution in [1.82, 2.24) is 0 Å². The minimum absolute atomic E-state index is 0.107. The third kappa shape index (κ3) is 8.56. The van der Waals surface area contributed by atoms with Crippen LogP contribution in [0.1, 0.15) is 62.5 Å². The highest BCUT2D eigenvalue weighted by Gasteiger charge is 2.40. The molecule has 1 aromatic carbocycles. The van der Waals surface area contributed by atoms with Gasteiger partial charge in [-0.05, 0) is 74.8 Å². The molecule has 0 heterocycles. The van der Waals surface area contributed by atoms with Gasteiger partial charge >= 0.3 is 12.1 Å². The minimum Gasteiger partial charge on any atom is -0.481 e. The number of carbonyl (C=O) groups is 1. The molecule has 1 aromatic rings. The molecule has 0 aromatic heterocycles. The molecule has 2 rings (SSSR count). The smallest absolute Gasteiger partial charge is 0.416 e. The Kier molecular flexibility index (Phi) is 10.2. The lowest BCUT2D eigenvalue weighted by molar-refractivity contribution is -0.138. The maximum atomic E-state index is 12.8. The highest BCUT2D eigenvalue weighted by Crippen LogP contribution is 2.38. The molecule has 1 aliphatic rings. The van der Waals surface area contributed by atoms with Crippen molar-refractivity contribution in [2.24, 2.45) is 11.8 Å². The average Bonchev–Trinajstić information content (AvgIpc) is 2.99. The molecule has 4 N–H and O–H groups in total. The minimum atomic E-state index is -4.40. The topological polar surface area (TPSA) is 98.0 Å². The first-order chi connectivity index (χ1) is 15.1. The maximum Gasteiger partial charge on any atom is 0.416 e. The number of hydrogen-bond donors (Lipinski definition) is 4. The largest absolute Gasteiger partial charge is 0.481 e. The van der Waals surface area contributed by atoms with Crippen LogP contribution in [0.3, 0.4) is 0 Å². The number of aryl methyl sites for hydroxylation is 1. The molecule has 1 fully saturated rings. The quantitative estimate of drug-likeness (QED) is 0.276. The second kappa shape index (κ2) is 12.4. The summed E-state index contributed by atoms with van der Waals surface area (Å²) in [5, 5.41) is 39.6. The van der Waals surface area contributed by atoms with E-state index in [9.17, 15) is 33.3 Å². The molecule has 5 nitrogen and oxygen atoms in total. The first-order valence-electron chi connectivity index (χ1n) is 11.1. The van der Waals surface area contributed by atoms with Gasteiger partial charge < -0.3 is 20.4 Å². The molecule has 32 heavy (non-hydrogen) atoms. The Bertz CT molecular complexity index is 749. The summed E-state index contributed by atoms with van der Waals surface area (Å²) in [5.41, 5.74) is -0.187. The molecule has 0 saturated heterocycles. The maximum absolute atomic E-state index is 12.8. The number of aliphatic carboxylic acids is 1. The van der Waals surface area contributed by atoms with Gasteiger partial charge in [0.25, 0.3) is 0 Å². The van der Waals surface area contributed by atoms with E-state index in [4.69, 9.17) is 5.11 Å². The number of carboxylic acid groups (broad SMARTS) is 1. The van der Waals surface area contributed by atoms with Crippen LogP contribution in [-0.2, 0) is 17.4 Å². The molecule has 0 unspecified atom stereocenters. The fourth-order valence-corrected chi connectivity index (χ4v) is 4.41. The summed E-state index contributed by atoms with van der Waals surface area (Å²) in [6.07, 6.45) is 1.08. The molecule has 8 heteroatoms. The zero-order valence-corrected chi connectivity index (χ0v) is 18.0. The van der Waals surface area contributed by atoms with Crippen LogP contribution in [0.5, 0.6) is 0 Å². The van der Waals surface area contributed by atoms with Gasteiger partial charge in [-0.3, -0.25) is 4.79 Å². The van der Waals surface area contributed by atoms with Crippen LogP contribution in [0, 0.1) is 11.8 Å². The van der Waals surface area contributed by atoms with Crippen molar-refractivity contribution in [2.45, 2.75) is 82.3 Å². The molecular weight excluding hydrogens is 425 g/mol. The first-order valence-corrected chi connectivity index (χ1v) is 11.1. The summed E-state index contributed by atoms with van der Waals surface area (Å²) in [5.74, 6) is -1.15. The van der Waals surface area contributed by atoms with Gasteiger partial charge in [-0.15, -0.1) is 0 Å². The van der Waals surface area contributed by atoms with Crippen molar-refractivity contribution < 1.29 is 38.4 Å². The summed E-state index contributed by atoms with van der Waals surface area (Å²) in [6, 6.07) is 5.09. The molecule has 0 amide bonds.